The third-order valence-electron chi connectivity index (χ3n) is 3.35. The fourth-order valence-electron chi connectivity index (χ4n) is 2.03. The summed E-state index contributed by atoms with van der Waals surface area (Å²) in [6.07, 6.45) is 0. The van der Waals surface area contributed by atoms with Crippen LogP contribution in [-0.4, -0.2) is 24.7 Å². The van der Waals surface area contributed by atoms with Crippen molar-refractivity contribution in [3.05, 3.63) is 64.2 Å². The molecular formula is C18H19ClN2O3S. The third kappa shape index (κ3) is 5.99. The Morgan fingerprint density at radius 1 is 1.12 bits per heavy atom. The molecule has 0 bridgehead atoms. The monoisotopic (exact) mass is 378 g/mol. The van der Waals surface area contributed by atoms with Crippen LogP contribution in [0.2, 0.25) is 5.02 Å². The molecule has 0 saturated heterocycles. The molecular weight excluding hydrogens is 360 g/mol. The first-order chi connectivity index (χ1) is 12.0. The van der Waals surface area contributed by atoms with Gasteiger partial charge in [0.1, 0.15) is 5.75 Å². The first kappa shape index (κ1) is 19.1. The average molecular weight is 379 g/mol. The van der Waals surface area contributed by atoms with Crippen molar-refractivity contribution in [2.45, 2.75) is 12.7 Å². The molecule has 2 N–H and O–H groups in total. The molecule has 0 aliphatic rings. The molecule has 7 heteroatoms. The van der Waals surface area contributed by atoms with Gasteiger partial charge in [-0.25, -0.2) is 0 Å². The molecule has 25 heavy (non-hydrogen) atoms. The molecule has 2 rings (SSSR count). The van der Waals surface area contributed by atoms with Crippen molar-refractivity contribution in [2.24, 2.45) is 0 Å². The number of amides is 2. The van der Waals surface area contributed by atoms with Crippen molar-refractivity contribution in [3.8, 4) is 5.75 Å². The summed E-state index contributed by atoms with van der Waals surface area (Å²) in [4.78, 5) is 23.9. The number of thioether (sulfide) groups is 1. The van der Waals surface area contributed by atoms with Crippen LogP contribution in [0.1, 0.15) is 21.5 Å². The number of aryl methyl sites for hydroxylation is 1. The second-order valence-electron chi connectivity index (χ2n) is 5.33. The van der Waals surface area contributed by atoms with Gasteiger partial charge in [-0.1, -0.05) is 41.4 Å². The lowest BCUT2D eigenvalue weighted by molar-refractivity contribution is -0.119. The van der Waals surface area contributed by atoms with Gasteiger partial charge in [-0.3, -0.25) is 20.4 Å². The summed E-state index contributed by atoms with van der Waals surface area (Å²) < 4.78 is 5.11. The third-order valence-corrected chi connectivity index (χ3v) is 4.59. The lowest BCUT2D eigenvalue weighted by atomic mass is 10.2. The second kappa shape index (κ2) is 9.34. The van der Waals surface area contributed by atoms with Gasteiger partial charge in [0, 0.05) is 10.8 Å². The van der Waals surface area contributed by atoms with Crippen LogP contribution >= 0.6 is 23.4 Å². The molecule has 5 nitrogen and oxygen atoms in total. The van der Waals surface area contributed by atoms with Gasteiger partial charge in [0.25, 0.3) is 5.91 Å². The minimum atomic E-state index is -0.467. The maximum atomic E-state index is 12.1. The van der Waals surface area contributed by atoms with Gasteiger partial charge >= 0.3 is 0 Å². The predicted molar refractivity (Wildman–Crippen MR) is 101 cm³/mol. The normalized spacial score (nSPS) is 10.2. The number of hydrogen-bond acceptors (Lipinski definition) is 4. The van der Waals surface area contributed by atoms with E-state index in [2.05, 4.69) is 10.9 Å². The Hall–Kier alpha value is -2.18. The number of carbonyl (C=O) groups is 2. The topological polar surface area (TPSA) is 67.4 Å². The summed E-state index contributed by atoms with van der Waals surface area (Å²) >= 11 is 7.33. The minimum Gasteiger partial charge on any atom is -0.496 e. The molecule has 0 aliphatic carbocycles. The number of hydrogen-bond donors (Lipinski definition) is 2. The molecule has 2 amide bonds. The van der Waals surface area contributed by atoms with E-state index in [4.69, 9.17) is 16.3 Å². The number of ether oxygens (including phenoxy) is 1. The summed E-state index contributed by atoms with van der Waals surface area (Å²) in [6, 6.07) is 12.8. The molecule has 0 unspecified atom stereocenters. The largest absolute Gasteiger partial charge is 0.496 e. The van der Waals surface area contributed by atoms with E-state index >= 15 is 0 Å². The van der Waals surface area contributed by atoms with E-state index < -0.39 is 5.91 Å². The first-order valence-electron chi connectivity index (χ1n) is 7.55. The number of nitrogens with one attached hydrogen (secondary N) is 2. The molecule has 0 aromatic heterocycles. The average Bonchev–Trinajstić information content (AvgIpc) is 2.61. The highest BCUT2D eigenvalue weighted by Crippen LogP contribution is 2.22. The second-order valence-corrected chi connectivity index (χ2v) is 6.75. The Labute approximate surface area is 156 Å². The van der Waals surface area contributed by atoms with Gasteiger partial charge < -0.3 is 4.74 Å². The van der Waals surface area contributed by atoms with Crippen LogP contribution in [0.3, 0.4) is 0 Å². The molecule has 2 aromatic rings. The van der Waals surface area contributed by atoms with E-state index in [1.807, 2.05) is 31.2 Å². The molecule has 132 valence electrons. The standard InChI is InChI=1S/C18H19ClN2O3S/c1-12-3-5-13(6-4-12)10-25-11-17(22)20-21-18(23)15-8-7-14(19)9-16(15)24-2/h3-9H,10-11H2,1-2H3,(H,20,22)(H,21,23). The van der Waals surface area contributed by atoms with Crippen molar-refractivity contribution in [1.29, 1.82) is 0 Å². The molecule has 0 atom stereocenters. The molecule has 0 saturated carbocycles. The van der Waals surface area contributed by atoms with Gasteiger partial charge in [0.15, 0.2) is 0 Å². The van der Waals surface area contributed by atoms with Gasteiger partial charge in [0.05, 0.1) is 18.4 Å². The van der Waals surface area contributed by atoms with Crippen LogP contribution < -0.4 is 15.6 Å². The van der Waals surface area contributed by atoms with Crippen molar-refractivity contribution in [3.63, 3.8) is 0 Å². The zero-order valence-electron chi connectivity index (χ0n) is 14.0. The van der Waals surface area contributed by atoms with Crippen molar-refractivity contribution in [2.75, 3.05) is 12.9 Å². The Kier molecular flexibility index (Phi) is 7.16. The van der Waals surface area contributed by atoms with Crippen LogP contribution in [-0.2, 0) is 10.5 Å². The molecule has 0 radical (unpaired) electrons. The highest BCUT2D eigenvalue weighted by atomic mass is 35.5. The van der Waals surface area contributed by atoms with Crippen LogP contribution in [0.25, 0.3) is 0 Å². The Morgan fingerprint density at radius 3 is 2.52 bits per heavy atom. The number of benzene rings is 2. The number of halogens is 1. The molecule has 0 spiro atoms. The summed E-state index contributed by atoms with van der Waals surface area (Å²) in [6.45, 7) is 2.03. The number of rotatable bonds is 6. The van der Waals surface area contributed by atoms with Gasteiger partial charge in [-0.05, 0) is 30.7 Å². The van der Waals surface area contributed by atoms with E-state index in [0.29, 0.717) is 16.3 Å². The zero-order chi connectivity index (χ0) is 18.2. The molecule has 2 aromatic carbocycles. The van der Waals surface area contributed by atoms with E-state index in [-0.39, 0.29) is 11.7 Å². The molecule has 0 fully saturated rings. The lowest BCUT2D eigenvalue weighted by Crippen LogP contribution is -2.42. The first-order valence-corrected chi connectivity index (χ1v) is 9.09. The van der Waals surface area contributed by atoms with Gasteiger partial charge in [0.2, 0.25) is 5.91 Å². The Balaban J connectivity index is 1.77. The summed E-state index contributed by atoms with van der Waals surface area (Å²) in [5.74, 6) is 0.565. The van der Waals surface area contributed by atoms with Crippen LogP contribution in [0.5, 0.6) is 5.75 Å². The van der Waals surface area contributed by atoms with Crippen LogP contribution in [0.15, 0.2) is 42.5 Å². The smallest absolute Gasteiger partial charge is 0.273 e. The molecule has 0 aliphatic heterocycles. The van der Waals surface area contributed by atoms with Gasteiger partial charge in [-0.15, -0.1) is 11.8 Å². The van der Waals surface area contributed by atoms with E-state index in [1.165, 1.54) is 36.6 Å². The zero-order valence-corrected chi connectivity index (χ0v) is 15.5. The Bertz CT molecular complexity index is 750. The van der Waals surface area contributed by atoms with Crippen molar-refractivity contribution < 1.29 is 14.3 Å². The summed E-state index contributed by atoms with van der Waals surface area (Å²) in [5.41, 5.74) is 7.41. The van der Waals surface area contributed by atoms with E-state index in [9.17, 15) is 9.59 Å². The fraction of sp³-hybridized carbons (Fsp3) is 0.222. The van der Waals surface area contributed by atoms with Crippen molar-refractivity contribution in [1.82, 2.24) is 10.9 Å². The minimum absolute atomic E-state index is 0.242. The summed E-state index contributed by atoms with van der Waals surface area (Å²) in [5, 5.41) is 0.463. The maximum Gasteiger partial charge on any atom is 0.273 e. The van der Waals surface area contributed by atoms with E-state index in [1.54, 1.807) is 6.07 Å². The number of carbonyl (C=O) groups excluding carboxylic acids is 2. The van der Waals surface area contributed by atoms with Crippen LogP contribution in [0.4, 0.5) is 0 Å². The SMILES string of the molecule is COc1cc(Cl)ccc1C(=O)NNC(=O)CSCc1ccc(C)cc1. The molecule has 0 heterocycles. The highest BCUT2D eigenvalue weighted by molar-refractivity contribution is 7.99. The summed E-state index contributed by atoms with van der Waals surface area (Å²) in [7, 11) is 1.45. The van der Waals surface area contributed by atoms with Gasteiger partial charge in [-0.2, -0.15) is 0 Å². The maximum absolute atomic E-state index is 12.1. The predicted octanol–water partition coefficient (Wildman–Crippen LogP) is 3.35. The Morgan fingerprint density at radius 2 is 1.84 bits per heavy atom. The fourth-order valence-corrected chi connectivity index (χ4v) is 2.98. The van der Waals surface area contributed by atoms with Crippen molar-refractivity contribution >= 4 is 35.2 Å². The van der Waals surface area contributed by atoms with Crippen LogP contribution in [0, 0.1) is 6.92 Å². The lowest BCUT2D eigenvalue weighted by Gasteiger charge is -2.10. The number of hydrazine groups is 1. The number of methoxy groups -OCH3 is 1. The quantitative estimate of drug-likeness (QED) is 0.756. The van der Waals surface area contributed by atoms with E-state index in [0.717, 1.165) is 11.3 Å². The highest BCUT2D eigenvalue weighted by Gasteiger charge is 2.13.